The number of pyridine rings is 1. The number of nitrogens with two attached hydrogens (primary N) is 1. The van der Waals surface area contributed by atoms with Crippen molar-refractivity contribution in [2.45, 2.75) is 44.1 Å². The molecule has 4 nitrogen and oxygen atoms in total. The number of anilines is 1. The molecule has 0 saturated heterocycles. The zero-order chi connectivity index (χ0) is 16.1. The summed E-state index contributed by atoms with van der Waals surface area (Å²) >= 11 is 0. The van der Waals surface area contributed by atoms with Gasteiger partial charge in [0.1, 0.15) is 0 Å². The fourth-order valence-corrected chi connectivity index (χ4v) is 3.28. The molecule has 4 heteroatoms. The summed E-state index contributed by atoms with van der Waals surface area (Å²) in [5, 5.41) is 3.14. The Hall–Kier alpha value is -2.36. The smallest absolute Gasteiger partial charge is 0.226 e. The first-order valence-electron chi connectivity index (χ1n) is 8.25. The summed E-state index contributed by atoms with van der Waals surface area (Å²) in [6.45, 7) is 0. The molecule has 1 aromatic carbocycles. The molecule has 0 atom stereocenters. The van der Waals surface area contributed by atoms with Gasteiger partial charge in [-0.1, -0.05) is 30.3 Å². The lowest BCUT2D eigenvalue weighted by atomic mass is 9.82. The van der Waals surface area contributed by atoms with E-state index in [1.165, 1.54) is 5.56 Å². The molecule has 0 bridgehead atoms. The second kappa shape index (κ2) is 7.27. The van der Waals surface area contributed by atoms with Gasteiger partial charge in [0.15, 0.2) is 0 Å². The lowest BCUT2D eigenvalue weighted by Crippen LogP contribution is -2.38. The zero-order valence-corrected chi connectivity index (χ0v) is 13.2. The van der Waals surface area contributed by atoms with E-state index in [2.05, 4.69) is 40.6 Å². The highest BCUT2D eigenvalue weighted by atomic mass is 16.1. The van der Waals surface area contributed by atoms with Crippen LogP contribution in [0.5, 0.6) is 0 Å². The van der Waals surface area contributed by atoms with Crippen molar-refractivity contribution < 1.29 is 4.79 Å². The molecule has 0 aliphatic heterocycles. The monoisotopic (exact) mass is 309 g/mol. The first-order chi connectivity index (χ1) is 11.2. The highest BCUT2D eigenvalue weighted by molar-refractivity contribution is 5.78. The molecule has 1 fully saturated rings. The number of hydrogen-bond acceptors (Lipinski definition) is 3. The molecule has 1 aliphatic rings. The predicted octanol–water partition coefficient (Wildman–Crippen LogP) is 3.05. The van der Waals surface area contributed by atoms with Crippen LogP contribution in [0.15, 0.2) is 48.7 Å². The molecule has 1 aliphatic carbocycles. The molecule has 1 saturated carbocycles. The second-order valence-electron chi connectivity index (χ2n) is 6.29. The minimum atomic E-state index is 0.0467. The maximum Gasteiger partial charge on any atom is 0.226 e. The van der Waals surface area contributed by atoms with Gasteiger partial charge < -0.3 is 11.1 Å². The van der Waals surface area contributed by atoms with Crippen LogP contribution in [0.3, 0.4) is 0 Å². The van der Waals surface area contributed by atoms with Gasteiger partial charge in [0.25, 0.3) is 0 Å². The van der Waals surface area contributed by atoms with Gasteiger partial charge in [0.2, 0.25) is 5.91 Å². The van der Waals surface area contributed by atoms with Crippen molar-refractivity contribution in [3.8, 4) is 0 Å². The van der Waals surface area contributed by atoms with Crippen molar-refractivity contribution in [1.29, 1.82) is 0 Å². The molecule has 0 radical (unpaired) electrons. The second-order valence-corrected chi connectivity index (χ2v) is 6.29. The summed E-state index contributed by atoms with van der Waals surface area (Å²) in [5.74, 6) is 0.675. The number of nitrogens with one attached hydrogen (secondary N) is 1. The quantitative estimate of drug-likeness (QED) is 0.912. The summed E-state index contributed by atoms with van der Waals surface area (Å²) in [4.78, 5) is 16.3. The summed E-state index contributed by atoms with van der Waals surface area (Å²) in [5.41, 5.74) is 8.40. The maximum absolute atomic E-state index is 12.1. The minimum absolute atomic E-state index is 0.0467. The van der Waals surface area contributed by atoms with Gasteiger partial charge in [0, 0.05) is 11.7 Å². The topological polar surface area (TPSA) is 68.0 Å². The van der Waals surface area contributed by atoms with E-state index in [0.717, 1.165) is 31.4 Å². The number of benzene rings is 1. The van der Waals surface area contributed by atoms with Crippen LogP contribution in [0, 0.1) is 0 Å². The van der Waals surface area contributed by atoms with Crippen molar-refractivity contribution in [2.24, 2.45) is 0 Å². The van der Waals surface area contributed by atoms with Crippen LogP contribution >= 0.6 is 0 Å². The first kappa shape index (κ1) is 15.5. The van der Waals surface area contributed by atoms with E-state index in [-0.39, 0.29) is 11.9 Å². The Balaban J connectivity index is 1.47. The normalized spacial score (nSPS) is 20.9. The standard InChI is InChI=1S/C19H23N3O/c20-16-8-11-18(21-13-16)12-19(23)22-17-9-6-15(7-10-17)14-4-2-1-3-5-14/h1-5,8,11,13,15,17H,6-7,9-10,12,20H2,(H,22,23). The van der Waals surface area contributed by atoms with Crippen molar-refractivity contribution in [1.82, 2.24) is 10.3 Å². The Bertz CT molecular complexity index is 631. The average Bonchev–Trinajstić information content (AvgIpc) is 2.58. The first-order valence-corrected chi connectivity index (χ1v) is 8.25. The van der Waals surface area contributed by atoms with Crippen LogP contribution in [0.25, 0.3) is 0 Å². The van der Waals surface area contributed by atoms with E-state index in [4.69, 9.17) is 5.73 Å². The Labute approximate surface area is 137 Å². The largest absolute Gasteiger partial charge is 0.397 e. The highest BCUT2D eigenvalue weighted by Crippen LogP contribution is 2.32. The van der Waals surface area contributed by atoms with E-state index in [0.29, 0.717) is 18.0 Å². The fourth-order valence-electron chi connectivity index (χ4n) is 3.28. The summed E-state index contributed by atoms with van der Waals surface area (Å²) in [6, 6.07) is 14.5. The molecule has 0 spiro atoms. The van der Waals surface area contributed by atoms with Crippen LogP contribution in [-0.4, -0.2) is 16.9 Å². The van der Waals surface area contributed by atoms with Crippen molar-refractivity contribution in [3.63, 3.8) is 0 Å². The predicted molar refractivity (Wildman–Crippen MR) is 91.9 cm³/mol. The number of rotatable bonds is 4. The Kier molecular flexibility index (Phi) is 4.91. The molecule has 120 valence electrons. The minimum Gasteiger partial charge on any atom is -0.397 e. The average molecular weight is 309 g/mol. The van der Waals surface area contributed by atoms with E-state index in [1.807, 2.05) is 0 Å². The van der Waals surface area contributed by atoms with Crippen LogP contribution in [0.2, 0.25) is 0 Å². The number of amides is 1. The maximum atomic E-state index is 12.1. The van der Waals surface area contributed by atoms with Crippen molar-refractivity contribution in [2.75, 3.05) is 5.73 Å². The summed E-state index contributed by atoms with van der Waals surface area (Å²) in [7, 11) is 0. The van der Waals surface area contributed by atoms with Gasteiger partial charge >= 0.3 is 0 Å². The molecular formula is C19H23N3O. The number of nitrogen functional groups attached to an aromatic ring is 1. The molecular weight excluding hydrogens is 286 g/mol. The lowest BCUT2D eigenvalue weighted by molar-refractivity contribution is -0.121. The van der Waals surface area contributed by atoms with Crippen LogP contribution < -0.4 is 11.1 Å². The molecule has 1 heterocycles. The van der Waals surface area contributed by atoms with E-state index in [1.54, 1.807) is 18.3 Å². The molecule has 23 heavy (non-hydrogen) atoms. The Morgan fingerprint density at radius 2 is 1.83 bits per heavy atom. The van der Waals surface area contributed by atoms with Gasteiger partial charge in [0.05, 0.1) is 18.3 Å². The number of carbonyl (C=O) groups is 1. The van der Waals surface area contributed by atoms with Crippen LogP contribution in [-0.2, 0) is 11.2 Å². The number of aromatic nitrogens is 1. The molecule has 0 unspecified atom stereocenters. The third-order valence-electron chi connectivity index (χ3n) is 4.55. The van der Waals surface area contributed by atoms with E-state index in [9.17, 15) is 4.79 Å². The van der Waals surface area contributed by atoms with Crippen LogP contribution in [0.4, 0.5) is 5.69 Å². The van der Waals surface area contributed by atoms with E-state index < -0.39 is 0 Å². The number of hydrogen-bond donors (Lipinski definition) is 2. The molecule has 2 aromatic rings. The Morgan fingerprint density at radius 1 is 1.09 bits per heavy atom. The third-order valence-corrected chi connectivity index (χ3v) is 4.55. The Morgan fingerprint density at radius 3 is 2.48 bits per heavy atom. The third kappa shape index (κ3) is 4.31. The molecule has 3 rings (SSSR count). The van der Waals surface area contributed by atoms with Gasteiger partial charge in [-0.25, -0.2) is 0 Å². The summed E-state index contributed by atoms with van der Waals surface area (Å²) in [6.07, 6.45) is 6.26. The SMILES string of the molecule is Nc1ccc(CC(=O)NC2CCC(c3ccccc3)CC2)nc1. The lowest BCUT2D eigenvalue weighted by Gasteiger charge is -2.29. The molecule has 1 amide bonds. The van der Waals surface area contributed by atoms with Crippen molar-refractivity contribution >= 4 is 11.6 Å². The number of nitrogens with zero attached hydrogens (tertiary/aromatic N) is 1. The summed E-state index contributed by atoms with van der Waals surface area (Å²) < 4.78 is 0. The zero-order valence-electron chi connectivity index (χ0n) is 13.2. The number of carbonyl (C=O) groups excluding carboxylic acids is 1. The van der Waals surface area contributed by atoms with Gasteiger partial charge in [-0.05, 0) is 49.3 Å². The fraction of sp³-hybridized carbons (Fsp3) is 0.368. The molecule has 3 N–H and O–H groups in total. The highest BCUT2D eigenvalue weighted by Gasteiger charge is 2.23. The van der Waals surface area contributed by atoms with Gasteiger partial charge in [-0.3, -0.25) is 9.78 Å². The molecule has 1 aromatic heterocycles. The van der Waals surface area contributed by atoms with Gasteiger partial charge in [-0.15, -0.1) is 0 Å². The van der Waals surface area contributed by atoms with E-state index >= 15 is 0 Å². The van der Waals surface area contributed by atoms with Crippen molar-refractivity contribution in [3.05, 3.63) is 59.9 Å². The van der Waals surface area contributed by atoms with Crippen LogP contribution in [0.1, 0.15) is 42.9 Å². The van der Waals surface area contributed by atoms with Gasteiger partial charge in [-0.2, -0.15) is 0 Å².